The number of hydrogen-bond donors (Lipinski definition) is 2. The molecule has 1 aromatic carbocycles. The fourth-order valence-electron chi connectivity index (χ4n) is 1.70. The number of amides is 2. The van der Waals surface area contributed by atoms with Crippen LogP contribution in [0.15, 0.2) is 46.9 Å². The lowest BCUT2D eigenvalue weighted by Crippen LogP contribution is -2.21. The van der Waals surface area contributed by atoms with Crippen molar-refractivity contribution in [3.63, 3.8) is 0 Å². The fourth-order valence-corrected chi connectivity index (χ4v) is 2.31. The van der Waals surface area contributed by atoms with Crippen molar-refractivity contribution in [3.8, 4) is 5.75 Å². The van der Waals surface area contributed by atoms with Gasteiger partial charge in [-0.3, -0.25) is 9.59 Å². The van der Waals surface area contributed by atoms with Gasteiger partial charge >= 0.3 is 0 Å². The third kappa shape index (κ3) is 4.16. The van der Waals surface area contributed by atoms with E-state index in [0.717, 1.165) is 0 Å². The summed E-state index contributed by atoms with van der Waals surface area (Å²) in [4.78, 5) is 23.2. The molecule has 6 nitrogen and oxygen atoms in total. The van der Waals surface area contributed by atoms with E-state index in [1.165, 1.54) is 11.3 Å². The number of primary amides is 1. The number of hydrazone groups is 1. The first-order chi connectivity index (χ1) is 10.6. The summed E-state index contributed by atoms with van der Waals surface area (Å²) in [5.41, 5.74) is 8.79. The third-order valence-electron chi connectivity index (χ3n) is 2.72. The van der Waals surface area contributed by atoms with Crippen LogP contribution in [-0.2, 0) is 4.79 Å². The largest absolute Gasteiger partial charge is 0.483 e. The summed E-state index contributed by atoms with van der Waals surface area (Å²) < 4.78 is 5.33. The quantitative estimate of drug-likeness (QED) is 0.628. The normalized spacial score (nSPS) is 11.0. The molecule has 2 rings (SSSR count). The summed E-state index contributed by atoms with van der Waals surface area (Å²) in [6, 6.07) is 10.6. The third-order valence-corrected chi connectivity index (χ3v) is 3.59. The van der Waals surface area contributed by atoms with Gasteiger partial charge in [0.2, 0.25) is 0 Å². The van der Waals surface area contributed by atoms with Crippen LogP contribution in [0.5, 0.6) is 5.75 Å². The second kappa shape index (κ2) is 7.37. The Balaban J connectivity index is 2.11. The van der Waals surface area contributed by atoms with Gasteiger partial charge in [0.1, 0.15) is 5.75 Å². The number of carbonyl (C=O) groups is 2. The predicted octanol–water partition coefficient (Wildman–Crippen LogP) is 1.77. The molecule has 0 aliphatic heterocycles. The van der Waals surface area contributed by atoms with E-state index in [1.807, 2.05) is 11.4 Å². The molecule has 1 aromatic heterocycles. The summed E-state index contributed by atoms with van der Waals surface area (Å²) >= 11 is 1.34. The van der Waals surface area contributed by atoms with E-state index in [9.17, 15) is 9.59 Å². The van der Waals surface area contributed by atoms with Gasteiger partial charge in [-0.25, -0.2) is 5.43 Å². The second-order valence-electron chi connectivity index (χ2n) is 4.37. The van der Waals surface area contributed by atoms with Crippen LogP contribution in [0.3, 0.4) is 0 Å². The van der Waals surface area contributed by atoms with Crippen molar-refractivity contribution >= 4 is 28.9 Å². The van der Waals surface area contributed by atoms with Gasteiger partial charge in [0.25, 0.3) is 11.8 Å². The van der Waals surface area contributed by atoms with Gasteiger partial charge in [-0.15, -0.1) is 11.3 Å². The fraction of sp³-hybridized carbons (Fsp3) is 0.133. The highest BCUT2D eigenvalue weighted by Crippen LogP contribution is 2.18. The Hall–Kier alpha value is -2.67. The van der Waals surface area contributed by atoms with Crippen molar-refractivity contribution in [3.05, 3.63) is 52.2 Å². The van der Waals surface area contributed by atoms with Gasteiger partial charge < -0.3 is 10.5 Å². The Morgan fingerprint density at radius 2 is 2.05 bits per heavy atom. The number of hydrogen-bond acceptors (Lipinski definition) is 5. The summed E-state index contributed by atoms with van der Waals surface area (Å²) in [6.07, 6.45) is 0. The second-order valence-corrected chi connectivity index (χ2v) is 5.31. The zero-order valence-corrected chi connectivity index (χ0v) is 12.7. The molecule has 114 valence electrons. The minimum atomic E-state index is -0.560. The van der Waals surface area contributed by atoms with Crippen LogP contribution in [0.4, 0.5) is 0 Å². The number of nitrogens with one attached hydrogen (secondary N) is 1. The molecule has 0 atom stereocenters. The summed E-state index contributed by atoms with van der Waals surface area (Å²) in [5.74, 6) is -0.354. The number of nitrogens with two attached hydrogens (primary N) is 1. The molecule has 0 spiro atoms. The van der Waals surface area contributed by atoms with E-state index in [2.05, 4.69) is 10.5 Å². The first-order valence-electron chi connectivity index (χ1n) is 6.46. The van der Waals surface area contributed by atoms with Gasteiger partial charge in [-0.1, -0.05) is 18.2 Å². The van der Waals surface area contributed by atoms with Crippen molar-refractivity contribution in [1.82, 2.24) is 5.43 Å². The number of benzene rings is 1. The summed E-state index contributed by atoms with van der Waals surface area (Å²) in [7, 11) is 0. The molecule has 3 N–H and O–H groups in total. The lowest BCUT2D eigenvalue weighted by molar-refractivity contribution is -0.119. The average Bonchev–Trinajstić information content (AvgIpc) is 3.05. The van der Waals surface area contributed by atoms with Gasteiger partial charge in [-0.2, -0.15) is 5.10 Å². The first kappa shape index (κ1) is 15.7. The molecule has 2 amide bonds. The van der Waals surface area contributed by atoms with Crippen LogP contribution in [0, 0.1) is 0 Å². The molecular weight excluding hydrogens is 302 g/mol. The number of ether oxygens (including phenoxy) is 1. The van der Waals surface area contributed by atoms with Gasteiger partial charge in [0.15, 0.2) is 6.61 Å². The maximum Gasteiger partial charge on any atom is 0.281 e. The van der Waals surface area contributed by atoms with Crippen LogP contribution in [-0.4, -0.2) is 24.1 Å². The Morgan fingerprint density at radius 3 is 2.73 bits per heavy atom. The van der Waals surface area contributed by atoms with Crippen LogP contribution in [0.2, 0.25) is 0 Å². The predicted molar refractivity (Wildman–Crippen MR) is 85.1 cm³/mol. The number of carbonyl (C=O) groups excluding carboxylic acids is 2. The average molecular weight is 317 g/mol. The number of rotatable bonds is 6. The molecule has 0 aliphatic carbocycles. The van der Waals surface area contributed by atoms with E-state index >= 15 is 0 Å². The Kier molecular flexibility index (Phi) is 5.26. The Labute approximate surface area is 131 Å². The Morgan fingerprint density at radius 1 is 1.27 bits per heavy atom. The molecule has 7 heteroatoms. The zero-order valence-electron chi connectivity index (χ0n) is 11.9. The molecule has 0 bridgehead atoms. The lowest BCUT2D eigenvalue weighted by Gasteiger charge is -2.09. The molecule has 0 aliphatic rings. The van der Waals surface area contributed by atoms with Crippen LogP contribution in [0.25, 0.3) is 0 Å². The summed E-state index contributed by atoms with van der Waals surface area (Å²) in [5, 5.41) is 5.88. The van der Waals surface area contributed by atoms with E-state index in [-0.39, 0.29) is 12.5 Å². The summed E-state index contributed by atoms with van der Waals surface area (Å²) in [6.45, 7) is 1.52. The van der Waals surface area contributed by atoms with E-state index in [4.69, 9.17) is 10.5 Å². The van der Waals surface area contributed by atoms with Crippen LogP contribution < -0.4 is 15.9 Å². The van der Waals surface area contributed by atoms with E-state index < -0.39 is 5.91 Å². The SMILES string of the molecule is C/C(=N\NC(=O)c1cccs1)c1ccccc1OCC(N)=O. The van der Waals surface area contributed by atoms with Gasteiger partial charge in [-0.05, 0) is 30.5 Å². The van der Waals surface area contributed by atoms with Crippen LogP contribution in [0.1, 0.15) is 22.2 Å². The maximum atomic E-state index is 11.8. The molecule has 1 heterocycles. The monoisotopic (exact) mass is 317 g/mol. The molecule has 0 fully saturated rings. The number of nitrogens with zero attached hydrogens (tertiary/aromatic N) is 1. The molecule has 0 radical (unpaired) electrons. The minimum Gasteiger partial charge on any atom is -0.483 e. The Bertz CT molecular complexity index is 696. The lowest BCUT2D eigenvalue weighted by atomic mass is 10.1. The first-order valence-corrected chi connectivity index (χ1v) is 7.34. The topological polar surface area (TPSA) is 93.8 Å². The highest BCUT2D eigenvalue weighted by molar-refractivity contribution is 7.12. The number of para-hydroxylation sites is 1. The highest BCUT2D eigenvalue weighted by Gasteiger charge is 2.09. The van der Waals surface area contributed by atoms with Crippen LogP contribution >= 0.6 is 11.3 Å². The molecule has 0 unspecified atom stereocenters. The van der Waals surface area contributed by atoms with Gasteiger partial charge in [0.05, 0.1) is 10.6 Å². The zero-order chi connectivity index (χ0) is 15.9. The van der Waals surface area contributed by atoms with Crippen molar-refractivity contribution in [2.45, 2.75) is 6.92 Å². The highest BCUT2D eigenvalue weighted by atomic mass is 32.1. The van der Waals surface area contributed by atoms with Crippen molar-refractivity contribution in [2.75, 3.05) is 6.61 Å². The molecule has 22 heavy (non-hydrogen) atoms. The molecule has 0 saturated heterocycles. The van der Waals surface area contributed by atoms with E-state index in [1.54, 1.807) is 37.3 Å². The molecule has 0 saturated carbocycles. The van der Waals surface area contributed by atoms with Crippen molar-refractivity contribution < 1.29 is 14.3 Å². The van der Waals surface area contributed by atoms with Crippen molar-refractivity contribution in [2.24, 2.45) is 10.8 Å². The standard InChI is InChI=1S/C15H15N3O3S/c1-10(17-18-15(20)13-7-4-8-22-13)11-5-2-3-6-12(11)21-9-14(16)19/h2-8H,9H2,1H3,(H2,16,19)(H,18,20)/b17-10+. The smallest absolute Gasteiger partial charge is 0.281 e. The van der Waals surface area contributed by atoms with E-state index in [0.29, 0.717) is 21.9 Å². The number of thiophene rings is 1. The molecular formula is C15H15N3O3S. The maximum absolute atomic E-state index is 11.8. The van der Waals surface area contributed by atoms with Crippen molar-refractivity contribution in [1.29, 1.82) is 0 Å². The minimum absolute atomic E-state index is 0.216. The van der Waals surface area contributed by atoms with Gasteiger partial charge in [0, 0.05) is 5.56 Å². The molecule has 2 aromatic rings.